The first kappa shape index (κ1) is 9.83. The lowest BCUT2D eigenvalue weighted by atomic mass is 10.2. The van der Waals surface area contributed by atoms with E-state index < -0.39 is 0 Å². The van der Waals surface area contributed by atoms with E-state index >= 15 is 0 Å². The third kappa shape index (κ3) is 1.91. The smallest absolute Gasteiger partial charge is 0.317 e. The minimum absolute atomic E-state index is 0.0823. The molecule has 5 nitrogen and oxygen atoms in total. The number of hydrogen-bond donors (Lipinski definition) is 2. The van der Waals surface area contributed by atoms with Crippen LogP contribution in [0.3, 0.4) is 0 Å². The van der Waals surface area contributed by atoms with Gasteiger partial charge in [0.15, 0.2) is 0 Å². The van der Waals surface area contributed by atoms with Crippen molar-refractivity contribution >= 4 is 11.9 Å². The molecule has 3 amide bonds. The summed E-state index contributed by atoms with van der Waals surface area (Å²) in [6, 6.07) is -0.462. The number of rotatable bonds is 1. The highest BCUT2D eigenvalue weighted by Gasteiger charge is 2.32. The summed E-state index contributed by atoms with van der Waals surface area (Å²) in [5.74, 6) is -0.0823. The molecular formula is C8H15N3O2. The van der Waals surface area contributed by atoms with Crippen LogP contribution in [-0.2, 0) is 4.79 Å². The van der Waals surface area contributed by atoms with Crippen molar-refractivity contribution in [2.24, 2.45) is 0 Å². The normalized spacial score (nSPS) is 21.4. The van der Waals surface area contributed by atoms with Crippen molar-refractivity contribution in [3.8, 4) is 0 Å². The Kier molecular flexibility index (Phi) is 3.11. The topological polar surface area (TPSA) is 61.4 Å². The van der Waals surface area contributed by atoms with Crippen molar-refractivity contribution in [2.75, 3.05) is 20.6 Å². The largest absolute Gasteiger partial charge is 0.357 e. The average molecular weight is 185 g/mol. The van der Waals surface area contributed by atoms with Crippen LogP contribution in [0.15, 0.2) is 0 Å². The highest BCUT2D eigenvalue weighted by Crippen LogP contribution is 2.16. The van der Waals surface area contributed by atoms with Crippen LogP contribution in [0.1, 0.15) is 12.8 Å². The van der Waals surface area contributed by atoms with Crippen LogP contribution in [-0.4, -0.2) is 43.5 Å². The second-order valence-corrected chi connectivity index (χ2v) is 3.02. The molecule has 0 saturated carbocycles. The predicted molar refractivity (Wildman–Crippen MR) is 48.3 cm³/mol. The standard InChI is InChI=1S/C8H15N3O2/c1-9-7(12)6-4-3-5-11(6)8(13)10-2/h6H,3-5H2,1-2H3,(H,9,12)(H,10,13)/t6-/m0/s1. The van der Waals surface area contributed by atoms with E-state index in [0.29, 0.717) is 6.54 Å². The molecule has 1 saturated heterocycles. The number of nitrogens with zero attached hydrogens (tertiary/aromatic N) is 1. The van der Waals surface area contributed by atoms with Gasteiger partial charge >= 0.3 is 6.03 Å². The highest BCUT2D eigenvalue weighted by atomic mass is 16.2. The van der Waals surface area contributed by atoms with Gasteiger partial charge in [-0.25, -0.2) is 4.79 Å². The SMILES string of the molecule is CNC(=O)[C@@H]1CCCN1C(=O)NC. The van der Waals surface area contributed by atoms with Gasteiger partial charge in [0, 0.05) is 20.6 Å². The van der Waals surface area contributed by atoms with Crippen LogP contribution in [0.4, 0.5) is 4.79 Å². The quantitative estimate of drug-likeness (QED) is 0.580. The van der Waals surface area contributed by atoms with Gasteiger partial charge in [-0.3, -0.25) is 4.79 Å². The van der Waals surface area contributed by atoms with Crippen molar-refractivity contribution in [1.82, 2.24) is 15.5 Å². The fraction of sp³-hybridized carbons (Fsp3) is 0.750. The van der Waals surface area contributed by atoms with Crippen molar-refractivity contribution in [1.29, 1.82) is 0 Å². The molecule has 1 heterocycles. The van der Waals surface area contributed by atoms with Crippen LogP contribution >= 0.6 is 0 Å². The van der Waals surface area contributed by atoms with Gasteiger partial charge in [-0.1, -0.05) is 0 Å². The minimum atomic E-state index is -0.287. The summed E-state index contributed by atoms with van der Waals surface area (Å²) in [6.07, 6.45) is 1.65. The maximum absolute atomic E-state index is 11.3. The molecule has 0 spiro atoms. The molecule has 1 aliphatic heterocycles. The lowest BCUT2D eigenvalue weighted by Crippen LogP contribution is -2.48. The minimum Gasteiger partial charge on any atom is -0.357 e. The Morgan fingerprint density at radius 2 is 2.00 bits per heavy atom. The molecule has 0 aromatic carbocycles. The number of hydrogen-bond acceptors (Lipinski definition) is 2. The molecule has 5 heteroatoms. The Balaban J connectivity index is 2.63. The van der Waals surface area contributed by atoms with E-state index in [4.69, 9.17) is 0 Å². The van der Waals surface area contributed by atoms with Gasteiger partial charge in [0.2, 0.25) is 5.91 Å². The Hall–Kier alpha value is -1.26. The molecule has 1 aliphatic rings. The van der Waals surface area contributed by atoms with E-state index in [1.165, 1.54) is 0 Å². The molecule has 74 valence electrons. The number of nitrogens with one attached hydrogen (secondary N) is 2. The molecule has 1 atom stereocenters. The molecule has 0 bridgehead atoms. The van der Waals surface area contributed by atoms with Crippen molar-refractivity contribution < 1.29 is 9.59 Å². The summed E-state index contributed by atoms with van der Waals surface area (Å²) < 4.78 is 0. The number of amides is 3. The van der Waals surface area contributed by atoms with Crippen molar-refractivity contribution in [2.45, 2.75) is 18.9 Å². The van der Waals surface area contributed by atoms with Crippen LogP contribution < -0.4 is 10.6 Å². The maximum Gasteiger partial charge on any atom is 0.317 e. The van der Waals surface area contributed by atoms with Gasteiger partial charge in [-0.05, 0) is 12.8 Å². The fourth-order valence-electron chi connectivity index (χ4n) is 1.59. The van der Waals surface area contributed by atoms with E-state index in [0.717, 1.165) is 12.8 Å². The molecule has 2 N–H and O–H groups in total. The van der Waals surface area contributed by atoms with Gasteiger partial charge in [-0.2, -0.15) is 0 Å². The Labute approximate surface area is 77.5 Å². The van der Waals surface area contributed by atoms with E-state index in [2.05, 4.69) is 10.6 Å². The maximum atomic E-state index is 11.3. The fourth-order valence-corrected chi connectivity index (χ4v) is 1.59. The second kappa shape index (κ2) is 4.11. The van der Waals surface area contributed by atoms with Gasteiger partial charge < -0.3 is 15.5 Å². The molecule has 13 heavy (non-hydrogen) atoms. The van der Waals surface area contributed by atoms with Crippen LogP contribution in [0.5, 0.6) is 0 Å². The number of urea groups is 1. The van der Waals surface area contributed by atoms with Gasteiger partial charge in [0.05, 0.1) is 0 Å². The monoisotopic (exact) mass is 185 g/mol. The first-order valence-electron chi connectivity index (χ1n) is 4.40. The molecule has 0 aliphatic carbocycles. The zero-order valence-electron chi connectivity index (χ0n) is 7.96. The molecule has 0 unspecified atom stereocenters. The molecule has 1 fully saturated rings. The lowest BCUT2D eigenvalue weighted by molar-refractivity contribution is -0.124. The molecule has 1 rings (SSSR count). The third-order valence-corrected chi connectivity index (χ3v) is 2.28. The Morgan fingerprint density at radius 1 is 1.31 bits per heavy atom. The lowest BCUT2D eigenvalue weighted by Gasteiger charge is -2.22. The number of likely N-dealkylation sites (tertiary alicyclic amines) is 1. The summed E-state index contributed by atoms with van der Waals surface area (Å²) in [7, 11) is 3.16. The second-order valence-electron chi connectivity index (χ2n) is 3.02. The average Bonchev–Trinajstić information content (AvgIpc) is 2.63. The van der Waals surface area contributed by atoms with E-state index in [9.17, 15) is 9.59 Å². The van der Waals surface area contributed by atoms with Crippen LogP contribution in [0, 0.1) is 0 Å². The Bertz CT molecular complexity index is 195. The van der Waals surface area contributed by atoms with Gasteiger partial charge in [0.1, 0.15) is 6.04 Å². The first-order valence-corrected chi connectivity index (χ1v) is 4.40. The zero-order chi connectivity index (χ0) is 9.84. The number of likely N-dealkylation sites (N-methyl/N-ethyl adjacent to an activating group) is 1. The van der Waals surface area contributed by atoms with E-state index in [-0.39, 0.29) is 18.0 Å². The summed E-state index contributed by atoms with van der Waals surface area (Å²) in [4.78, 5) is 24.2. The van der Waals surface area contributed by atoms with Crippen LogP contribution in [0.2, 0.25) is 0 Å². The van der Waals surface area contributed by atoms with Crippen LogP contribution in [0.25, 0.3) is 0 Å². The highest BCUT2D eigenvalue weighted by molar-refractivity contribution is 5.87. The zero-order valence-corrected chi connectivity index (χ0v) is 7.96. The van der Waals surface area contributed by atoms with E-state index in [1.807, 2.05) is 0 Å². The van der Waals surface area contributed by atoms with E-state index in [1.54, 1.807) is 19.0 Å². The van der Waals surface area contributed by atoms with Crippen molar-refractivity contribution in [3.63, 3.8) is 0 Å². The molecule has 0 aromatic heterocycles. The van der Waals surface area contributed by atoms with Crippen molar-refractivity contribution in [3.05, 3.63) is 0 Å². The Morgan fingerprint density at radius 3 is 2.54 bits per heavy atom. The van der Waals surface area contributed by atoms with Gasteiger partial charge in [0.25, 0.3) is 0 Å². The summed E-state index contributed by atoms with van der Waals surface area (Å²) in [5.41, 5.74) is 0. The number of carbonyl (C=O) groups excluding carboxylic acids is 2. The summed E-state index contributed by atoms with van der Waals surface area (Å²) in [6.45, 7) is 0.664. The molecule has 0 radical (unpaired) electrons. The molecule has 0 aromatic rings. The molecular weight excluding hydrogens is 170 g/mol. The predicted octanol–water partition coefficient (Wildman–Crippen LogP) is -0.464. The third-order valence-electron chi connectivity index (χ3n) is 2.28. The number of carbonyl (C=O) groups is 2. The summed E-state index contributed by atoms with van der Waals surface area (Å²) >= 11 is 0. The first-order chi connectivity index (χ1) is 6.20. The summed E-state index contributed by atoms with van der Waals surface area (Å²) in [5, 5.41) is 5.08. The van der Waals surface area contributed by atoms with Gasteiger partial charge in [-0.15, -0.1) is 0 Å².